The lowest BCUT2D eigenvalue weighted by atomic mass is 9.92. The molecule has 0 aliphatic rings. The number of ether oxygens (including phenoxy) is 1. The van der Waals surface area contributed by atoms with Crippen molar-refractivity contribution in [2.75, 3.05) is 11.9 Å². The maximum atomic E-state index is 9.24. The lowest BCUT2D eigenvalue weighted by Gasteiger charge is -2.17. The number of hydrogen-bond donors (Lipinski definition) is 1. The van der Waals surface area contributed by atoms with Crippen molar-refractivity contribution in [3.05, 3.63) is 59.9 Å². The van der Waals surface area contributed by atoms with E-state index in [1.54, 1.807) is 6.20 Å². The molecule has 4 aromatic rings. The number of fused-ring (bicyclic) bond motifs is 1. The van der Waals surface area contributed by atoms with E-state index in [2.05, 4.69) is 37.5 Å². The maximum absolute atomic E-state index is 9.24. The Balaban J connectivity index is 1.61. The standard InChI is InChI=1S/C25H27N7O/c1-16-10-21(22(14-27-16)33-9-7-25(4,5)15-26)19-6-8-32-20(12-19)13-24(31-32)30-23-11-17(2)28-18(3)29-23/h6,8,10-14H,7,9H2,1-5H3,(H,28,29,30,31). The van der Waals surface area contributed by atoms with Crippen molar-refractivity contribution >= 4 is 17.2 Å². The summed E-state index contributed by atoms with van der Waals surface area (Å²) in [4.78, 5) is 13.1. The van der Waals surface area contributed by atoms with Gasteiger partial charge in [-0.05, 0) is 64.8 Å². The van der Waals surface area contributed by atoms with Crippen LogP contribution in [0.4, 0.5) is 11.6 Å². The summed E-state index contributed by atoms with van der Waals surface area (Å²) < 4.78 is 7.86. The van der Waals surface area contributed by atoms with E-state index in [-0.39, 0.29) is 0 Å². The zero-order valence-corrected chi connectivity index (χ0v) is 19.5. The van der Waals surface area contributed by atoms with Gasteiger partial charge in [-0.1, -0.05) is 0 Å². The van der Waals surface area contributed by atoms with Crippen LogP contribution < -0.4 is 10.1 Å². The molecule has 0 fully saturated rings. The lowest BCUT2D eigenvalue weighted by Crippen LogP contribution is -2.13. The van der Waals surface area contributed by atoms with Crippen LogP contribution in [0.15, 0.2) is 42.7 Å². The average molecular weight is 442 g/mol. The molecule has 0 aliphatic carbocycles. The van der Waals surface area contributed by atoms with Crippen LogP contribution in [-0.4, -0.2) is 31.2 Å². The first kappa shape index (κ1) is 22.2. The fourth-order valence-electron chi connectivity index (χ4n) is 3.50. The van der Waals surface area contributed by atoms with Crippen molar-refractivity contribution in [2.45, 2.75) is 41.0 Å². The summed E-state index contributed by atoms with van der Waals surface area (Å²) in [5.74, 6) is 2.82. The van der Waals surface area contributed by atoms with Gasteiger partial charge >= 0.3 is 0 Å². The van der Waals surface area contributed by atoms with Gasteiger partial charge in [-0.15, -0.1) is 0 Å². The smallest absolute Gasteiger partial charge is 0.154 e. The topological polar surface area (TPSA) is 101 Å². The SMILES string of the molecule is Cc1cc(-c2ccn3nc(Nc4cc(C)nc(C)n4)cc3c2)c(OCCC(C)(C)C#N)cn1. The monoisotopic (exact) mass is 441 g/mol. The second-order valence-corrected chi connectivity index (χ2v) is 8.80. The second-order valence-electron chi connectivity index (χ2n) is 8.80. The molecule has 0 aliphatic heterocycles. The molecule has 0 atom stereocenters. The van der Waals surface area contributed by atoms with Gasteiger partial charge in [0.05, 0.1) is 29.8 Å². The summed E-state index contributed by atoms with van der Waals surface area (Å²) in [5.41, 5.74) is 4.26. The molecule has 1 N–H and O–H groups in total. The number of anilines is 2. The normalized spacial score (nSPS) is 11.4. The van der Waals surface area contributed by atoms with Crippen LogP contribution in [0, 0.1) is 37.5 Å². The maximum Gasteiger partial charge on any atom is 0.154 e. The van der Waals surface area contributed by atoms with Gasteiger partial charge in [0.2, 0.25) is 0 Å². The Morgan fingerprint density at radius 2 is 1.88 bits per heavy atom. The van der Waals surface area contributed by atoms with Crippen molar-refractivity contribution in [1.29, 1.82) is 5.26 Å². The minimum atomic E-state index is -0.432. The summed E-state index contributed by atoms with van der Waals surface area (Å²) >= 11 is 0. The van der Waals surface area contributed by atoms with Crippen molar-refractivity contribution in [2.24, 2.45) is 5.41 Å². The molecule has 168 valence electrons. The van der Waals surface area contributed by atoms with Crippen molar-refractivity contribution in [1.82, 2.24) is 24.6 Å². The van der Waals surface area contributed by atoms with Crippen LogP contribution >= 0.6 is 0 Å². The highest BCUT2D eigenvalue weighted by molar-refractivity contribution is 5.75. The third-order valence-electron chi connectivity index (χ3n) is 5.29. The van der Waals surface area contributed by atoms with Gasteiger partial charge < -0.3 is 10.1 Å². The van der Waals surface area contributed by atoms with Gasteiger partial charge in [0.1, 0.15) is 17.4 Å². The van der Waals surface area contributed by atoms with E-state index in [0.29, 0.717) is 36.2 Å². The molecule has 0 amide bonds. The van der Waals surface area contributed by atoms with E-state index in [1.807, 2.05) is 69.6 Å². The fourth-order valence-corrected chi connectivity index (χ4v) is 3.50. The number of aryl methyl sites for hydroxylation is 3. The van der Waals surface area contributed by atoms with Crippen molar-refractivity contribution < 1.29 is 4.74 Å². The average Bonchev–Trinajstić information content (AvgIpc) is 3.15. The van der Waals surface area contributed by atoms with Gasteiger partial charge in [0.15, 0.2) is 5.82 Å². The number of nitriles is 1. The first-order valence-corrected chi connectivity index (χ1v) is 10.8. The van der Waals surface area contributed by atoms with Crippen LogP contribution in [0.25, 0.3) is 16.6 Å². The first-order chi connectivity index (χ1) is 15.7. The summed E-state index contributed by atoms with van der Waals surface area (Å²) in [6.45, 7) is 10.0. The Hall–Kier alpha value is -3.99. The third-order valence-corrected chi connectivity index (χ3v) is 5.29. The largest absolute Gasteiger partial charge is 0.491 e. The number of rotatable bonds is 7. The lowest BCUT2D eigenvalue weighted by molar-refractivity contribution is 0.264. The summed E-state index contributed by atoms with van der Waals surface area (Å²) in [5, 5.41) is 17.1. The molecule has 4 heterocycles. The summed E-state index contributed by atoms with van der Waals surface area (Å²) in [6.07, 6.45) is 4.30. The van der Waals surface area contributed by atoms with Crippen LogP contribution in [0.1, 0.15) is 37.5 Å². The molecular weight excluding hydrogens is 414 g/mol. The van der Waals surface area contributed by atoms with Crippen LogP contribution in [0.5, 0.6) is 5.75 Å². The van der Waals surface area contributed by atoms with Gasteiger partial charge in [0, 0.05) is 35.3 Å². The van der Waals surface area contributed by atoms with Crippen LogP contribution in [-0.2, 0) is 0 Å². The van der Waals surface area contributed by atoms with E-state index < -0.39 is 5.41 Å². The van der Waals surface area contributed by atoms with Gasteiger partial charge in [0.25, 0.3) is 0 Å². The van der Waals surface area contributed by atoms with Crippen molar-refractivity contribution in [3.63, 3.8) is 0 Å². The minimum absolute atomic E-state index is 0.432. The molecule has 8 nitrogen and oxygen atoms in total. The van der Waals surface area contributed by atoms with Crippen LogP contribution in [0.3, 0.4) is 0 Å². The quantitative estimate of drug-likeness (QED) is 0.422. The third kappa shape index (κ3) is 5.26. The highest BCUT2D eigenvalue weighted by Crippen LogP contribution is 2.32. The molecule has 4 aromatic heterocycles. The predicted octanol–water partition coefficient (Wildman–Crippen LogP) is 5.17. The molecule has 33 heavy (non-hydrogen) atoms. The molecule has 0 radical (unpaired) electrons. The Morgan fingerprint density at radius 3 is 2.64 bits per heavy atom. The molecule has 0 aromatic carbocycles. The minimum Gasteiger partial charge on any atom is -0.491 e. The number of pyridine rings is 2. The molecular formula is C25H27N7O. The van der Waals surface area contributed by atoms with Gasteiger partial charge in [-0.2, -0.15) is 10.4 Å². The zero-order valence-electron chi connectivity index (χ0n) is 19.5. The highest BCUT2D eigenvalue weighted by Gasteiger charge is 2.17. The summed E-state index contributed by atoms with van der Waals surface area (Å²) in [6, 6.07) is 12.3. The molecule has 0 spiro atoms. The van der Waals surface area contributed by atoms with E-state index in [4.69, 9.17) is 4.74 Å². The van der Waals surface area contributed by atoms with E-state index >= 15 is 0 Å². The molecule has 8 heteroatoms. The zero-order chi connectivity index (χ0) is 23.6. The molecule has 0 bridgehead atoms. The van der Waals surface area contributed by atoms with E-state index in [1.165, 1.54) is 0 Å². The van der Waals surface area contributed by atoms with E-state index in [9.17, 15) is 5.26 Å². The fraction of sp³-hybridized carbons (Fsp3) is 0.320. The highest BCUT2D eigenvalue weighted by atomic mass is 16.5. The Morgan fingerprint density at radius 1 is 1.06 bits per heavy atom. The molecule has 4 rings (SSSR count). The molecule has 0 unspecified atom stereocenters. The number of hydrogen-bond acceptors (Lipinski definition) is 7. The molecule has 0 saturated carbocycles. The summed E-state index contributed by atoms with van der Waals surface area (Å²) in [7, 11) is 0. The molecule has 0 saturated heterocycles. The van der Waals surface area contributed by atoms with Crippen molar-refractivity contribution in [3.8, 4) is 22.9 Å². The number of nitrogens with zero attached hydrogens (tertiary/aromatic N) is 6. The second kappa shape index (κ2) is 8.87. The Bertz CT molecular complexity index is 1330. The Labute approximate surface area is 193 Å². The first-order valence-electron chi connectivity index (χ1n) is 10.8. The van der Waals surface area contributed by atoms with Gasteiger partial charge in [-0.3, -0.25) is 4.98 Å². The predicted molar refractivity (Wildman–Crippen MR) is 127 cm³/mol. The Kier molecular flexibility index (Phi) is 5.97. The number of aromatic nitrogens is 5. The number of nitrogens with one attached hydrogen (secondary N) is 1. The van der Waals surface area contributed by atoms with Crippen LogP contribution in [0.2, 0.25) is 0 Å². The van der Waals surface area contributed by atoms with Gasteiger partial charge in [-0.25, -0.2) is 14.5 Å². The van der Waals surface area contributed by atoms with E-state index in [0.717, 1.165) is 28.0 Å².